The van der Waals surface area contributed by atoms with Gasteiger partial charge in [-0.15, -0.1) is 0 Å². The first-order valence-electron chi connectivity index (χ1n) is 10.2. The standard InChI is InChI=1S/C23H30FN3O2/c1-17(2)11-27-14-21(29-16-19-8-4-5-10-22(19)24)13-26(15-23(27)28)12-20-9-6-7-18(3)25-20/h4-10,17,21H,11-16H2,1-3H3. The first kappa shape index (κ1) is 21.4. The molecule has 0 aliphatic carbocycles. The number of pyridine rings is 1. The number of carbonyl (C=O) groups is 1. The van der Waals surface area contributed by atoms with E-state index in [0.717, 1.165) is 11.4 Å². The van der Waals surface area contributed by atoms with Crippen molar-refractivity contribution in [1.82, 2.24) is 14.8 Å². The molecule has 6 heteroatoms. The van der Waals surface area contributed by atoms with Crippen LogP contribution < -0.4 is 0 Å². The summed E-state index contributed by atoms with van der Waals surface area (Å²) >= 11 is 0. The maximum Gasteiger partial charge on any atom is 0.236 e. The topological polar surface area (TPSA) is 45.7 Å². The van der Waals surface area contributed by atoms with Crippen molar-refractivity contribution in [2.24, 2.45) is 5.92 Å². The molecule has 0 bridgehead atoms. The van der Waals surface area contributed by atoms with E-state index in [1.54, 1.807) is 18.2 Å². The van der Waals surface area contributed by atoms with Crippen LogP contribution in [0, 0.1) is 18.7 Å². The Hall–Kier alpha value is -2.31. The lowest BCUT2D eigenvalue weighted by molar-refractivity contribution is -0.132. The van der Waals surface area contributed by atoms with Crippen LogP contribution in [0.3, 0.4) is 0 Å². The van der Waals surface area contributed by atoms with Crippen LogP contribution in [0.5, 0.6) is 0 Å². The Labute approximate surface area is 172 Å². The molecule has 1 aliphatic heterocycles. The normalized spacial score (nSPS) is 18.3. The van der Waals surface area contributed by atoms with Gasteiger partial charge in [0.25, 0.3) is 0 Å². The molecular weight excluding hydrogens is 369 g/mol. The zero-order chi connectivity index (χ0) is 20.8. The molecule has 5 nitrogen and oxygen atoms in total. The fourth-order valence-electron chi connectivity index (χ4n) is 3.63. The maximum atomic E-state index is 14.0. The molecular formula is C23H30FN3O2. The van der Waals surface area contributed by atoms with Gasteiger partial charge in [0.05, 0.1) is 24.9 Å². The second-order valence-electron chi connectivity index (χ2n) is 8.16. The number of carbonyl (C=O) groups excluding carboxylic acids is 1. The molecule has 1 unspecified atom stereocenters. The van der Waals surface area contributed by atoms with E-state index in [4.69, 9.17) is 4.74 Å². The Morgan fingerprint density at radius 1 is 1.17 bits per heavy atom. The summed E-state index contributed by atoms with van der Waals surface area (Å²) in [5.41, 5.74) is 2.42. The zero-order valence-electron chi connectivity index (χ0n) is 17.5. The van der Waals surface area contributed by atoms with E-state index < -0.39 is 0 Å². The average Bonchev–Trinajstić information content (AvgIpc) is 2.79. The molecule has 1 aromatic carbocycles. The number of rotatable bonds is 7. The molecule has 2 aromatic rings. The Balaban J connectivity index is 1.72. The lowest BCUT2D eigenvalue weighted by Gasteiger charge is -2.26. The highest BCUT2D eigenvalue weighted by atomic mass is 19.1. The number of ether oxygens (including phenoxy) is 1. The van der Waals surface area contributed by atoms with Crippen molar-refractivity contribution >= 4 is 5.91 Å². The van der Waals surface area contributed by atoms with Crippen LogP contribution >= 0.6 is 0 Å². The summed E-state index contributed by atoms with van der Waals surface area (Å²) in [4.78, 5) is 21.4. The number of halogens is 1. The number of nitrogens with zero attached hydrogens (tertiary/aromatic N) is 3. The van der Waals surface area contributed by atoms with Gasteiger partial charge in [-0.3, -0.25) is 14.7 Å². The molecule has 1 amide bonds. The van der Waals surface area contributed by atoms with Gasteiger partial charge in [-0.25, -0.2) is 4.39 Å². The molecule has 0 radical (unpaired) electrons. The van der Waals surface area contributed by atoms with Gasteiger partial charge in [0.1, 0.15) is 5.82 Å². The van der Waals surface area contributed by atoms with Crippen molar-refractivity contribution in [3.05, 3.63) is 65.2 Å². The Morgan fingerprint density at radius 2 is 1.97 bits per heavy atom. The number of amides is 1. The number of benzene rings is 1. The van der Waals surface area contributed by atoms with Gasteiger partial charge in [-0.2, -0.15) is 0 Å². The van der Waals surface area contributed by atoms with Crippen molar-refractivity contribution in [1.29, 1.82) is 0 Å². The molecule has 1 aliphatic rings. The second kappa shape index (κ2) is 9.94. The summed E-state index contributed by atoms with van der Waals surface area (Å²) in [5.74, 6) is 0.205. The van der Waals surface area contributed by atoms with Gasteiger partial charge >= 0.3 is 0 Å². The van der Waals surface area contributed by atoms with E-state index in [1.165, 1.54) is 6.07 Å². The van der Waals surface area contributed by atoms with Crippen molar-refractivity contribution in [2.75, 3.05) is 26.2 Å². The first-order chi connectivity index (χ1) is 13.9. The highest BCUT2D eigenvalue weighted by Gasteiger charge is 2.29. The Kier molecular flexibility index (Phi) is 7.34. The van der Waals surface area contributed by atoms with Crippen LogP contribution in [0.25, 0.3) is 0 Å². The van der Waals surface area contributed by atoms with E-state index in [9.17, 15) is 9.18 Å². The third-order valence-corrected chi connectivity index (χ3v) is 4.95. The summed E-state index contributed by atoms with van der Waals surface area (Å²) in [6.45, 7) is 9.08. The lowest BCUT2D eigenvalue weighted by Crippen LogP contribution is -2.40. The van der Waals surface area contributed by atoms with Gasteiger partial charge in [0.2, 0.25) is 5.91 Å². The number of hydrogen-bond acceptors (Lipinski definition) is 4. The van der Waals surface area contributed by atoms with Gasteiger partial charge in [0, 0.05) is 37.4 Å². The van der Waals surface area contributed by atoms with Crippen LogP contribution in [0.1, 0.15) is 30.8 Å². The van der Waals surface area contributed by atoms with E-state index >= 15 is 0 Å². The molecule has 0 spiro atoms. The summed E-state index contributed by atoms with van der Waals surface area (Å²) in [6, 6.07) is 12.6. The van der Waals surface area contributed by atoms with Crippen LogP contribution in [-0.4, -0.2) is 53.0 Å². The molecule has 1 fully saturated rings. The minimum Gasteiger partial charge on any atom is -0.370 e. The second-order valence-corrected chi connectivity index (χ2v) is 8.16. The van der Waals surface area contributed by atoms with Crippen molar-refractivity contribution in [2.45, 2.75) is 40.0 Å². The minimum atomic E-state index is -0.267. The molecule has 3 rings (SSSR count). The number of aromatic nitrogens is 1. The smallest absolute Gasteiger partial charge is 0.236 e. The summed E-state index contributed by atoms with van der Waals surface area (Å²) < 4.78 is 20.1. The number of aryl methyl sites for hydroxylation is 1. The fraction of sp³-hybridized carbons (Fsp3) is 0.478. The van der Waals surface area contributed by atoms with E-state index in [-0.39, 0.29) is 24.4 Å². The summed E-state index contributed by atoms with van der Waals surface area (Å²) in [5, 5.41) is 0. The third kappa shape index (κ3) is 6.34. The van der Waals surface area contributed by atoms with Gasteiger partial charge in [0.15, 0.2) is 0 Å². The molecule has 2 heterocycles. The SMILES string of the molecule is Cc1cccc(CN2CC(=O)N(CC(C)C)CC(OCc3ccccc3F)C2)n1. The largest absolute Gasteiger partial charge is 0.370 e. The predicted octanol–water partition coefficient (Wildman–Crippen LogP) is 3.41. The first-order valence-corrected chi connectivity index (χ1v) is 10.2. The molecule has 1 saturated heterocycles. The van der Waals surface area contributed by atoms with Crippen LogP contribution in [0.15, 0.2) is 42.5 Å². The highest BCUT2D eigenvalue weighted by Crippen LogP contribution is 2.16. The van der Waals surface area contributed by atoms with Crippen LogP contribution in [-0.2, 0) is 22.7 Å². The molecule has 0 N–H and O–H groups in total. The van der Waals surface area contributed by atoms with E-state index in [0.29, 0.717) is 44.2 Å². The molecule has 0 saturated carbocycles. The van der Waals surface area contributed by atoms with Crippen molar-refractivity contribution in [3.8, 4) is 0 Å². The Bertz CT molecular complexity index is 827. The molecule has 29 heavy (non-hydrogen) atoms. The third-order valence-electron chi connectivity index (χ3n) is 4.95. The maximum absolute atomic E-state index is 14.0. The molecule has 156 valence electrons. The monoisotopic (exact) mass is 399 g/mol. The van der Waals surface area contributed by atoms with Gasteiger partial charge < -0.3 is 9.64 Å². The van der Waals surface area contributed by atoms with E-state index in [2.05, 4.69) is 23.7 Å². The lowest BCUT2D eigenvalue weighted by atomic mass is 10.2. The van der Waals surface area contributed by atoms with Gasteiger partial charge in [-0.05, 0) is 31.0 Å². The summed E-state index contributed by atoms with van der Waals surface area (Å²) in [7, 11) is 0. The van der Waals surface area contributed by atoms with E-state index in [1.807, 2.05) is 30.0 Å². The fourth-order valence-corrected chi connectivity index (χ4v) is 3.63. The number of hydrogen-bond donors (Lipinski definition) is 0. The molecule has 1 atom stereocenters. The van der Waals surface area contributed by atoms with Crippen LogP contribution in [0.4, 0.5) is 4.39 Å². The quantitative estimate of drug-likeness (QED) is 0.716. The minimum absolute atomic E-state index is 0.100. The predicted molar refractivity (Wildman–Crippen MR) is 111 cm³/mol. The van der Waals surface area contributed by atoms with Gasteiger partial charge in [-0.1, -0.05) is 38.1 Å². The average molecular weight is 400 g/mol. The van der Waals surface area contributed by atoms with Crippen molar-refractivity contribution < 1.29 is 13.9 Å². The van der Waals surface area contributed by atoms with Crippen molar-refractivity contribution in [3.63, 3.8) is 0 Å². The zero-order valence-corrected chi connectivity index (χ0v) is 17.5. The Morgan fingerprint density at radius 3 is 2.69 bits per heavy atom. The molecule has 1 aromatic heterocycles. The highest BCUT2D eigenvalue weighted by molar-refractivity contribution is 5.78. The van der Waals surface area contributed by atoms with Crippen LogP contribution in [0.2, 0.25) is 0 Å². The summed E-state index contributed by atoms with van der Waals surface area (Å²) in [6.07, 6.45) is -0.190.